The zero-order valence-electron chi connectivity index (χ0n) is 15.5. The number of ether oxygens (including phenoxy) is 1. The van der Waals surface area contributed by atoms with Crippen LogP contribution in [0.4, 0.5) is 5.69 Å². The molecule has 2 aromatic carbocycles. The number of hydrogen-bond acceptors (Lipinski definition) is 4. The highest BCUT2D eigenvalue weighted by Gasteiger charge is 2.41. The van der Waals surface area contributed by atoms with E-state index in [1.54, 1.807) is 0 Å². The van der Waals surface area contributed by atoms with Crippen LogP contribution in [0, 0.1) is 0 Å². The van der Waals surface area contributed by atoms with Crippen molar-refractivity contribution in [3.8, 4) is 0 Å². The number of carbonyl (C=O) groups excluding carboxylic acids is 3. The summed E-state index contributed by atoms with van der Waals surface area (Å²) in [5, 5.41) is 5.69. The molecule has 2 N–H and O–H groups in total. The summed E-state index contributed by atoms with van der Waals surface area (Å²) in [5.74, 6) is -0.336. The molecule has 2 aliphatic heterocycles. The number of hydrogen-bond donors (Lipinski definition) is 2. The third kappa shape index (κ3) is 3.76. The first-order chi connectivity index (χ1) is 13.5. The van der Waals surface area contributed by atoms with Crippen LogP contribution in [0.3, 0.4) is 0 Å². The van der Waals surface area contributed by atoms with E-state index in [-0.39, 0.29) is 30.8 Å². The molecule has 0 spiro atoms. The molecule has 28 heavy (non-hydrogen) atoms. The highest BCUT2D eigenvalue weighted by atomic mass is 16.5. The first kappa shape index (κ1) is 18.2. The summed E-state index contributed by atoms with van der Waals surface area (Å²) < 4.78 is 5.60. The van der Waals surface area contributed by atoms with E-state index in [2.05, 4.69) is 10.6 Å². The van der Waals surface area contributed by atoms with E-state index in [0.29, 0.717) is 25.8 Å². The van der Waals surface area contributed by atoms with Crippen LogP contribution in [0.5, 0.6) is 0 Å². The van der Waals surface area contributed by atoms with E-state index < -0.39 is 5.41 Å². The van der Waals surface area contributed by atoms with Crippen molar-refractivity contribution in [3.05, 3.63) is 65.2 Å². The molecule has 0 radical (unpaired) electrons. The number of nitrogens with one attached hydrogen (secondary N) is 2. The SMILES string of the molecule is O=C1CC(COC(=O)Cc2ccc3c(c2)CCC(=O)N3)(c2ccccc2)CN1. The molecule has 6 nitrogen and oxygen atoms in total. The summed E-state index contributed by atoms with van der Waals surface area (Å²) in [6, 6.07) is 15.3. The molecule has 2 aromatic rings. The van der Waals surface area contributed by atoms with E-state index >= 15 is 0 Å². The van der Waals surface area contributed by atoms with Crippen molar-refractivity contribution < 1.29 is 19.1 Å². The second-order valence-corrected chi connectivity index (χ2v) is 7.48. The molecule has 6 heteroatoms. The van der Waals surface area contributed by atoms with Crippen molar-refractivity contribution in [2.75, 3.05) is 18.5 Å². The van der Waals surface area contributed by atoms with E-state index in [0.717, 1.165) is 22.4 Å². The Kier molecular flexibility index (Phi) is 4.86. The molecule has 1 unspecified atom stereocenters. The molecule has 0 aliphatic carbocycles. The predicted octanol–water partition coefficient (Wildman–Crippen LogP) is 2.11. The average Bonchev–Trinajstić information content (AvgIpc) is 3.09. The van der Waals surface area contributed by atoms with E-state index in [1.165, 1.54) is 0 Å². The van der Waals surface area contributed by atoms with Gasteiger partial charge in [0, 0.05) is 25.1 Å². The van der Waals surface area contributed by atoms with E-state index in [4.69, 9.17) is 4.74 Å². The fourth-order valence-corrected chi connectivity index (χ4v) is 3.86. The van der Waals surface area contributed by atoms with Gasteiger partial charge in [0.05, 0.1) is 11.8 Å². The summed E-state index contributed by atoms with van der Waals surface area (Å²) in [4.78, 5) is 35.7. The number of esters is 1. The maximum absolute atomic E-state index is 12.4. The van der Waals surface area contributed by atoms with Crippen LogP contribution in [0.25, 0.3) is 0 Å². The fourth-order valence-electron chi connectivity index (χ4n) is 3.86. The zero-order chi connectivity index (χ0) is 19.6. The number of anilines is 1. The van der Waals surface area contributed by atoms with Gasteiger partial charge in [-0.25, -0.2) is 0 Å². The highest BCUT2D eigenvalue weighted by molar-refractivity contribution is 5.94. The van der Waals surface area contributed by atoms with Crippen molar-refractivity contribution in [3.63, 3.8) is 0 Å². The summed E-state index contributed by atoms with van der Waals surface area (Å²) in [6.07, 6.45) is 1.60. The molecule has 4 rings (SSSR count). The van der Waals surface area contributed by atoms with Gasteiger partial charge in [0.1, 0.15) is 6.61 Å². The van der Waals surface area contributed by atoms with Crippen LogP contribution in [-0.4, -0.2) is 30.9 Å². The summed E-state index contributed by atoms with van der Waals surface area (Å²) >= 11 is 0. The number of amides is 2. The molecule has 2 heterocycles. The minimum Gasteiger partial charge on any atom is -0.464 e. The quantitative estimate of drug-likeness (QED) is 0.781. The minimum atomic E-state index is -0.520. The lowest BCUT2D eigenvalue weighted by Gasteiger charge is -2.27. The predicted molar refractivity (Wildman–Crippen MR) is 104 cm³/mol. The second-order valence-electron chi connectivity index (χ2n) is 7.48. The molecule has 144 valence electrons. The normalized spacial score (nSPS) is 20.9. The molecular weight excluding hydrogens is 356 g/mol. The molecule has 0 bridgehead atoms. The Bertz CT molecular complexity index is 925. The zero-order valence-corrected chi connectivity index (χ0v) is 15.5. The summed E-state index contributed by atoms with van der Waals surface area (Å²) in [5.41, 5.74) is 3.18. The maximum Gasteiger partial charge on any atom is 0.310 e. The van der Waals surface area contributed by atoms with Crippen LogP contribution in [0.2, 0.25) is 0 Å². The van der Waals surface area contributed by atoms with Crippen LogP contribution in [0.1, 0.15) is 29.5 Å². The van der Waals surface area contributed by atoms with E-state index in [9.17, 15) is 14.4 Å². The van der Waals surface area contributed by atoms with Gasteiger partial charge in [0.2, 0.25) is 11.8 Å². The third-order valence-corrected chi connectivity index (χ3v) is 5.43. The molecule has 2 aliphatic rings. The molecule has 0 aromatic heterocycles. The van der Waals surface area contributed by atoms with Gasteiger partial charge in [-0.3, -0.25) is 14.4 Å². The summed E-state index contributed by atoms with van der Waals surface area (Å²) in [7, 11) is 0. The third-order valence-electron chi connectivity index (χ3n) is 5.43. The Morgan fingerprint density at radius 3 is 2.61 bits per heavy atom. The van der Waals surface area contributed by atoms with Crippen LogP contribution in [0.15, 0.2) is 48.5 Å². The number of aryl methyl sites for hydroxylation is 1. The Morgan fingerprint density at radius 1 is 1.04 bits per heavy atom. The van der Waals surface area contributed by atoms with Crippen molar-refractivity contribution in [1.82, 2.24) is 5.32 Å². The van der Waals surface area contributed by atoms with Crippen molar-refractivity contribution in [2.45, 2.75) is 31.1 Å². The van der Waals surface area contributed by atoms with Crippen LogP contribution in [-0.2, 0) is 37.4 Å². The number of carbonyl (C=O) groups is 3. The van der Waals surface area contributed by atoms with Crippen LogP contribution >= 0.6 is 0 Å². The van der Waals surface area contributed by atoms with Crippen molar-refractivity contribution in [1.29, 1.82) is 0 Å². The number of benzene rings is 2. The fraction of sp³-hybridized carbons (Fsp3) is 0.318. The number of rotatable bonds is 5. The molecule has 1 fully saturated rings. The van der Waals surface area contributed by atoms with Gasteiger partial charge in [0.15, 0.2) is 0 Å². The molecule has 1 saturated heterocycles. The van der Waals surface area contributed by atoms with Gasteiger partial charge in [-0.1, -0.05) is 42.5 Å². The largest absolute Gasteiger partial charge is 0.464 e. The van der Waals surface area contributed by atoms with Crippen molar-refractivity contribution in [2.24, 2.45) is 0 Å². The Balaban J connectivity index is 1.42. The van der Waals surface area contributed by atoms with E-state index in [1.807, 2.05) is 48.5 Å². The topological polar surface area (TPSA) is 84.5 Å². The van der Waals surface area contributed by atoms with Gasteiger partial charge >= 0.3 is 5.97 Å². The summed E-state index contributed by atoms with van der Waals surface area (Å²) in [6.45, 7) is 0.622. The minimum absolute atomic E-state index is 0.0191. The average molecular weight is 378 g/mol. The van der Waals surface area contributed by atoms with Gasteiger partial charge < -0.3 is 15.4 Å². The first-order valence-electron chi connectivity index (χ1n) is 9.44. The first-order valence-corrected chi connectivity index (χ1v) is 9.44. The molecular formula is C22H22N2O4. The smallest absolute Gasteiger partial charge is 0.310 e. The standard InChI is InChI=1S/C22H22N2O4/c25-19-9-7-16-10-15(6-8-18(16)24-19)11-21(27)28-14-22(12-20(26)23-13-22)17-4-2-1-3-5-17/h1-6,8,10H,7,9,11-14H2,(H,23,26)(H,24,25). The molecule has 1 atom stereocenters. The number of fused-ring (bicyclic) bond motifs is 1. The van der Waals surface area contributed by atoms with Crippen LogP contribution < -0.4 is 10.6 Å². The second kappa shape index (κ2) is 7.46. The van der Waals surface area contributed by atoms with Gasteiger partial charge in [-0.15, -0.1) is 0 Å². The molecule has 2 amide bonds. The molecule has 0 saturated carbocycles. The monoisotopic (exact) mass is 378 g/mol. The Hall–Kier alpha value is -3.15. The van der Waals surface area contributed by atoms with Gasteiger partial charge in [-0.2, -0.15) is 0 Å². The Morgan fingerprint density at radius 2 is 1.86 bits per heavy atom. The lowest BCUT2D eigenvalue weighted by atomic mass is 9.80. The highest BCUT2D eigenvalue weighted by Crippen LogP contribution is 2.32. The lowest BCUT2D eigenvalue weighted by molar-refractivity contribution is -0.145. The van der Waals surface area contributed by atoms with Gasteiger partial charge in [0.25, 0.3) is 0 Å². The van der Waals surface area contributed by atoms with Crippen molar-refractivity contribution >= 4 is 23.5 Å². The maximum atomic E-state index is 12.4. The lowest BCUT2D eigenvalue weighted by Crippen LogP contribution is -2.35. The Labute approximate surface area is 163 Å². The van der Waals surface area contributed by atoms with Gasteiger partial charge in [-0.05, 0) is 29.2 Å².